The molecule has 2 aromatic carbocycles. The minimum absolute atomic E-state index is 0.00406. The first-order valence-corrected chi connectivity index (χ1v) is 7.90. The molecule has 0 aliphatic carbocycles. The first-order valence-electron chi connectivity index (χ1n) is 7.90. The van der Waals surface area contributed by atoms with E-state index in [1.807, 2.05) is 18.2 Å². The number of methoxy groups -OCH3 is 1. The number of hydrogen-bond donors (Lipinski definition) is 0. The van der Waals surface area contributed by atoms with Crippen LogP contribution in [0.2, 0.25) is 0 Å². The quantitative estimate of drug-likeness (QED) is 0.650. The van der Waals surface area contributed by atoms with Crippen LogP contribution in [0.4, 0.5) is 0 Å². The van der Waals surface area contributed by atoms with E-state index in [-0.39, 0.29) is 13.4 Å². The zero-order chi connectivity index (χ0) is 17.9. The molecule has 0 unspecified atom stereocenters. The normalized spacial score (nSPS) is 12.0. The lowest BCUT2D eigenvalue weighted by Gasteiger charge is -2.04. The Kier molecular flexibility index (Phi) is 4.18. The van der Waals surface area contributed by atoms with Gasteiger partial charge in [0.05, 0.1) is 12.7 Å². The summed E-state index contributed by atoms with van der Waals surface area (Å²) in [6.45, 7) is 0.213. The lowest BCUT2D eigenvalue weighted by Crippen LogP contribution is -2.05. The molecule has 0 fully saturated rings. The maximum absolute atomic E-state index is 12.1. The highest BCUT2D eigenvalue weighted by Crippen LogP contribution is 2.36. The van der Waals surface area contributed by atoms with Crippen molar-refractivity contribution in [3.63, 3.8) is 0 Å². The van der Waals surface area contributed by atoms with Crippen molar-refractivity contribution in [3.05, 3.63) is 59.8 Å². The third-order valence-electron chi connectivity index (χ3n) is 3.87. The van der Waals surface area contributed by atoms with E-state index < -0.39 is 5.97 Å². The number of rotatable bonds is 5. The second-order valence-corrected chi connectivity index (χ2v) is 5.56. The number of ether oxygens (including phenoxy) is 4. The van der Waals surface area contributed by atoms with Gasteiger partial charge in [-0.05, 0) is 36.4 Å². The Morgan fingerprint density at radius 2 is 2.00 bits per heavy atom. The number of benzene rings is 2. The van der Waals surface area contributed by atoms with E-state index in [1.54, 1.807) is 30.3 Å². The van der Waals surface area contributed by atoms with Gasteiger partial charge in [-0.1, -0.05) is 11.2 Å². The number of fused-ring (bicyclic) bond motifs is 1. The van der Waals surface area contributed by atoms with Crippen LogP contribution in [0.3, 0.4) is 0 Å². The van der Waals surface area contributed by atoms with Gasteiger partial charge in [0, 0.05) is 11.6 Å². The first-order chi connectivity index (χ1) is 12.7. The van der Waals surface area contributed by atoms with Crippen LogP contribution < -0.4 is 14.2 Å². The number of carbonyl (C=O) groups excluding carboxylic acids is 1. The maximum atomic E-state index is 12.1. The molecule has 1 aliphatic heterocycles. The SMILES string of the molecule is COc1cccc(C(=O)OCc2cc(-c3ccc4c(c3)OCO4)on2)c1. The van der Waals surface area contributed by atoms with Crippen molar-refractivity contribution < 1.29 is 28.3 Å². The molecule has 0 saturated heterocycles. The highest BCUT2D eigenvalue weighted by molar-refractivity contribution is 5.89. The molecule has 1 aromatic heterocycles. The van der Waals surface area contributed by atoms with Crippen molar-refractivity contribution in [2.45, 2.75) is 6.61 Å². The average molecular weight is 353 g/mol. The number of aromatic nitrogens is 1. The van der Waals surface area contributed by atoms with Crippen LogP contribution in [-0.4, -0.2) is 25.0 Å². The van der Waals surface area contributed by atoms with Crippen molar-refractivity contribution >= 4 is 5.97 Å². The Labute approximate surface area is 149 Å². The summed E-state index contributed by atoms with van der Waals surface area (Å²) in [5.74, 6) is 2.03. The van der Waals surface area contributed by atoms with Gasteiger partial charge >= 0.3 is 5.97 Å². The zero-order valence-corrected chi connectivity index (χ0v) is 13.9. The van der Waals surface area contributed by atoms with E-state index in [2.05, 4.69) is 5.16 Å². The largest absolute Gasteiger partial charge is 0.497 e. The minimum atomic E-state index is -0.462. The van der Waals surface area contributed by atoms with Gasteiger partial charge in [0.1, 0.15) is 18.1 Å². The molecule has 1 aliphatic rings. The molecule has 0 N–H and O–H groups in total. The molecular weight excluding hydrogens is 338 g/mol. The summed E-state index contributed by atoms with van der Waals surface area (Å²) >= 11 is 0. The van der Waals surface area contributed by atoms with Crippen LogP contribution in [0.1, 0.15) is 16.1 Å². The van der Waals surface area contributed by atoms with Gasteiger partial charge in [0.2, 0.25) is 6.79 Å². The van der Waals surface area contributed by atoms with E-state index in [0.29, 0.717) is 34.3 Å². The molecule has 132 valence electrons. The zero-order valence-electron chi connectivity index (χ0n) is 13.9. The van der Waals surface area contributed by atoms with Crippen LogP contribution in [0, 0.1) is 0 Å². The molecule has 7 nitrogen and oxygen atoms in total. The van der Waals surface area contributed by atoms with Crippen LogP contribution >= 0.6 is 0 Å². The van der Waals surface area contributed by atoms with Crippen molar-refractivity contribution in [3.8, 4) is 28.6 Å². The second-order valence-electron chi connectivity index (χ2n) is 5.56. The van der Waals surface area contributed by atoms with E-state index >= 15 is 0 Å². The Balaban J connectivity index is 1.43. The topological polar surface area (TPSA) is 80.0 Å². The van der Waals surface area contributed by atoms with Gasteiger partial charge in [-0.3, -0.25) is 0 Å². The Morgan fingerprint density at radius 3 is 2.88 bits per heavy atom. The first kappa shape index (κ1) is 16.0. The molecule has 3 aromatic rings. The number of esters is 1. The van der Waals surface area contributed by atoms with E-state index in [9.17, 15) is 4.79 Å². The molecule has 2 heterocycles. The molecule has 0 atom stereocenters. The Hall–Kier alpha value is -3.48. The second kappa shape index (κ2) is 6.79. The lowest BCUT2D eigenvalue weighted by atomic mass is 10.1. The van der Waals surface area contributed by atoms with Crippen molar-refractivity contribution in [2.75, 3.05) is 13.9 Å². The number of hydrogen-bond acceptors (Lipinski definition) is 7. The van der Waals surface area contributed by atoms with Crippen molar-refractivity contribution in [1.82, 2.24) is 5.16 Å². The summed E-state index contributed by atoms with van der Waals surface area (Å²) in [6, 6.07) is 13.9. The summed E-state index contributed by atoms with van der Waals surface area (Å²) in [6.07, 6.45) is 0. The predicted molar refractivity (Wildman–Crippen MR) is 90.2 cm³/mol. The molecule has 0 amide bonds. The molecule has 26 heavy (non-hydrogen) atoms. The highest BCUT2D eigenvalue weighted by Gasteiger charge is 2.16. The lowest BCUT2D eigenvalue weighted by molar-refractivity contribution is 0.0464. The van der Waals surface area contributed by atoms with E-state index in [1.165, 1.54) is 7.11 Å². The van der Waals surface area contributed by atoms with E-state index in [4.69, 9.17) is 23.5 Å². The third-order valence-corrected chi connectivity index (χ3v) is 3.87. The third kappa shape index (κ3) is 3.19. The molecule has 7 heteroatoms. The maximum Gasteiger partial charge on any atom is 0.338 e. The van der Waals surface area contributed by atoms with Gasteiger partial charge in [-0.15, -0.1) is 0 Å². The number of carbonyl (C=O) groups is 1. The summed E-state index contributed by atoms with van der Waals surface area (Å²) in [7, 11) is 1.54. The molecular formula is C19H15NO6. The summed E-state index contributed by atoms with van der Waals surface area (Å²) in [5.41, 5.74) is 1.71. The van der Waals surface area contributed by atoms with Gasteiger partial charge in [0.15, 0.2) is 17.3 Å². The highest BCUT2D eigenvalue weighted by atomic mass is 16.7. The average Bonchev–Trinajstić information content (AvgIpc) is 3.34. The van der Waals surface area contributed by atoms with Crippen LogP contribution in [0.25, 0.3) is 11.3 Å². The fourth-order valence-electron chi connectivity index (χ4n) is 2.54. The van der Waals surface area contributed by atoms with Crippen LogP contribution in [-0.2, 0) is 11.3 Å². The van der Waals surface area contributed by atoms with Crippen molar-refractivity contribution in [1.29, 1.82) is 0 Å². The fourth-order valence-corrected chi connectivity index (χ4v) is 2.54. The summed E-state index contributed by atoms with van der Waals surface area (Å²) in [5, 5.41) is 3.94. The summed E-state index contributed by atoms with van der Waals surface area (Å²) in [4.78, 5) is 12.1. The van der Waals surface area contributed by atoms with Crippen LogP contribution in [0.15, 0.2) is 53.1 Å². The number of nitrogens with zero attached hydrogens (tertiary/aromatic N) is 1. The van der Waals surface area contributed by atoms with Crippen LogP contribution in [0.5, 0.6) is 17.2 Å². The van der Waals surface area contributed by atoms with Crippen molar-refractivity contribution in [2.24, 2.45) is 0 Å². The van der Waals surface area contributed by atoms with E-state index in [0.717, 1.165) is 5.56 Å². The molecule has 0 radical (unpaired) electrons. The molecule has 0 bridgehead atoms. The smallest absolute Gasteiger partial charge is 0.338 e. The Morgan fingerprint density at radius 1 is 1.12 bits per heavy atom. The van der Waals surface area contributed by atoms with Gasteiger partial charge in [-0.25, -0.2) is 4.79 Å². The molecule has 4 rings (SSSR count). The summed E-state index contributed by atoms with van der Waals surface area (Å²) < 4.78 is 26.3. The predicted octanol–water partition coefficient (Wildman–Crippen LogP) is 3.44. The molecule has 0 spiro atoms. The van der Waals surface area contributed by atoms with Gasteiger partial charge < -0.3 is 23.5 Å². The monoisotopic (exact) mass is 353 g/mol. The fraction of sp³-hybridized carbons (Fsp3) is 0.158. The van der Waals surface area contributed by atoms with Gasteiger partial charge in [-0.2, -0.15) is 0 Å². The minimum Gasteiger partial charge on any atom is -0.497 e. The molecule has 0 saturated carbocycles. The standard InChI is InChI=1S/C19H15NO6/c1-22-15-4-2-3-13(7-15)19(21)23-10-14-9-17(26-20-14)12-5-6-16-18(8-12)25-11-24-16/h2-9H,10-11H2,1H3. The van der Waals surface area contributed by atoms with Gasteiger partial charge in [0.25, 0.3) is 0 Å². The Bertz CT molecular complexity index is 949.